The van der Waals surface area contributed by atoms with Gasteiger partial charge in [-0.3, -0.25) is 19.9 Å². The molecule has 0 spiro atoms. The quantitative estimate of drug-likeness (QED) is 0.234. The van der Waals surface area contributed by atoms with Crippen molar-refractivity contribution in [3.05, 3.63) is 112 Å². The highest BCUT2D eigenvalue weighted by atomic mass is 35.5. The number of rotatable bonds is 8. The molecule has 0 radical (unpaired) electrons. The Bertz CT molecular complexity index is 1980. The predicted octanol–water partition coefficient (Wildman–Crippen LogP) is 5.24. The van der Waals surface area contributed by atoms with Gasteiger partial charge in [0.1, 0.15) is 4.21 Å². The third-order valence-corrected chi connectivity index (χ3v) is 12.5. The molecule has 3 N–H and O–H groups in total. The van der Waals surface area contributed by atoms with Crippen LogP contribution in [0.2, 0.25) is 4.34 Å². The van der Waals surface area contributed by atoms with E-state index in [1.165, 1.54) is 5.56 Å². The van der Waals surface area contributed by atoms with Gasteiger partial charge >= 0.3 is 0 Å². The number of fused-ring (bicyclic) bond motifs is 4. The van der Waals surface area contributed by atoms with Crippen LogP contribution in [0.4, 0.5) is 11.4 Å². The molecule has 7 rings (SSSR count). The molecule has 3 aromatic carbocycles. The van der Waals surface area contributed by atoms with E-state index in [9.17, 15) is 18.0 Å². The Hall–Kier alpha value is -3.87. The summed E-state index contributed by atoms with van der Waals surface area (Å²) in [6.45, 7) is -0.121. The lowest BCUT2D eigenvalue weighted by atomic mass is 9.93. The summed E-state index contributed by atoms with van der Waals surface area (Å²) >= 11 is 7.07. The fraction of sp³-hybridized carbons (Fsp3) is 0.286. The van der Waals surface area contributed by atoms with Crippen molar-refractivity contribution in [2.24, 2.45) is 16.8 Å². The van der Waals surface area contributed by atoms with Crippen molar-refractivity contribution >= 4 is 61.9 Å². The molecule has 4 aromatic rings. The highest BCUT2D eigenvalue weighted by Gasteiger charge is 2.41. The molecule has 2 bridgehead atoms. The molecule has 9 nitrogen and oxygen atoms in total. The SMILES string of the molecule is CN1C(=O)[C@@H](NCC(=O)Nc2ccc3c(c2)C[C@@H]2CC[C@H](C3)[C@H]2NS(=O)(=O)c2ccc(Cl)s2)N=C(c2ccccc2)c2ccccc21. The Morgan fingerprint density at radius 2 is 1.68 bits per heavy atom. The second-order valence-electron chi connectivity index (χ2n) is 12.3. The molecule has 12 heteroatoms. The molecule has 242 valence electrons. The molecule has 4 atom stereocenters. The Balaban J connectivity index is 1.04. The maximum absolute atomic E-state index is 13.5. The van der Waals surface area contributed by atoms with E-state index in [1.807, 2.05) is 72.8 Å². The first-order chi connectivity index (χ1) is 22.7. The van der Waals surface area contributed by atoms with Gasteiger partial charge in [-0.1, -0.05) is 66.2 Å². The average molecular weight is 688 g/mol. The average Bonchev–Trinajstić information content (AvgIpc) is 3.60. The number of carbonyl (C=O) groups excluding carboxylic acids is 2. The number of aliphatic imine (C=N–C) groups is 1. The van der Waals surface area contributed by atoms with E-state index in [2.05, 4.69) is 15.4 Å². The molecule has 47 heavy (non-hydrogen) atoms. The topological polar surface area (TPSA) is 120 Å². The molecule has 0 saturated heterocycles. The number of sulfonamides is 1. The number of hydrogen-bond acceptors (Lipinski definition) is 7. The highest BCUT2D eigenvalue weighted by molar-refractivity contribution is 7.91. The number of anilines is 2. The number of likely N-dealkylation sites (N-methyl/N-ethyl adjacent to an activating group) is 1. The molecule has 2 heterocycles. The first kappa shape index (κ1) is 31.7. The smallest absolute Gasteiger partial charge is 0.266 e. The van der Waals surface area contributed by atoms with Crippen molar-refractivity contribution in [3.63, 3.8) is 0 Å². The van der Waals surface area contributed by atoms with E-state index in [1.54, 1.807) is 24.1 Å². The minimum Gasteiger partial charge on any atom is -0.325 e. The molecule has 1 aliphatic heterocycles. The number of amides is 2. The summed E-state index contributed by atoms with van der Waals surface area (Å²) in [6.07, 6.45) is 2.42. The van der Waals surface area contributed by atoms with Crippen LogP contribution in [0.25, 0.3) is 0 Å². The Kier molecular flexibility index (Phi) is 8.75. The summed E-state index contributed by atoms with van der Waals surface area (Å²) in [6, 6.07) is 26.2. The second-order valence-corrected chi connectivity index (χ2v) is 15.9. The van der Waals surface area contributed by atoms with Crippen molar-refractivity contribution in [1.82, 2.24) is 10.0 Å². The maximum Gasteiger partial charge on any atom is 0.266 e. The normalized spacial score (nSPS) is 22.1. The van der Waals surface area contributed by atoms with Crippen molar-refractivity contribution in [2.45, 2.75) is 42.1 Å². The third-order valence-electron chi connectivity index (χ3n) is 9.33. The van der Waals surface area contributed by atoms with Crippen LogP contribution in [-0.4, -0.2) is 51.7 Å². The summed E-state index contributed by atoms with van der Waals surface area (Å²) in [5, 5.41) is 6.04. The molecule has 1 saturated carbocycles. The van der Waals surface area contributed by atoms with Gasteiger partial charge in [-0.25, -0.2) is 13.1 Å². The van der Waals surface area contributed by atoms with E-state index in [0.29, 0.717) is 22.2 Å². The van der Waals surface area contributed by atoms with Gasteiger partial charge in [0.05, 0.1) is 22.3 Å². The number of benzene rings is 3. The lowest BCUT2D eigenvalue weighted by Crippen LogP contribution is -2.46. The van der Waals surface area contributed by atoms with Crippen LogP contribution in [0.5, 0.6) is 0 Å². The van der Waals surface area contributed by atoms with Crippen molar-refractivity contribution < 1.29 is 18.0 Å². The lowest BCUT2D eigenvalue weighted by Gasteiger charge is -2.23. The second kappa shape index (κ2) is 13.0. The molecule has 1 aromatic heterocycles. The van der Waals surface area contributed by atoms with E-state index >= 15 is 0 Å². The number of carbonyl (C=O) groups is 2. The molecule has 0 unspecified atom stereocenters. The predicted molar refractivity (Wildman–Crippen MR) is 186 cm³/mol. The number of nitrogens with one attached hydrogen (secondary N) is 3. The Morgan fingerprint density at radius 1 is 0.957 bits per heavy atom. The van der Waals surface area contributed by atoms with E-state index < -0.39 is 16.2 Å². The van der Waals surface area contributed by atoms with Crippen LogP contribution in [0.3, 0.4) is 0 Å². The molecule has 3 aliphatic rings. The third kappa shape index (κ3) is 6.50. The summed E-state index contributed by atoms with van der Waals surface area (Å²) in [7, 11) is -1.95. The molecular formula is C35H34ClN5O4S2. The number of thiophene rings is 1. The van der Waals surface area contributed by atoms with Crippen molar-refractivity contribution in [2.75, 3.05) is 23.8 Å². The van der Waals surface area contributed by atoms with Crippen LogP contribution in [0.1, 0.15) is 35.1 Å². The lowest BCUT2D eigenvalue weighted by molar-refractivity contribution is -0.120. The zero-order valence-corrected chi connectivity index (χ0v) is 28.0. The molecule has 2 aliphatic carbocycles. The fourth-order valence-corrected chi connectivity index (χ4v) is 9.91. The standard InChI is InChI=1S/C35H34ClN5O4S2/c1-41-28-10-6-5-9-27(28)33(21-7-3-2-4-8-21)39-34(35(41)43)37-20-30(42)38-26-14-13-22-17-23-11-12-24(18-25(22)19-26)32(23)40-47(44,45)31-16-15-29(36)46-31/h2-10,13-16,19,23-24,32,34,37,40H,11-12,17-18,20H2,1H3,(H,38,42)/t23-,24+,32-,34+/m1/s1. The maximum atomic E-state index is 13.5. The van der Waals surface area contributed by atoms with Crippen LogP contribution >= 0.6 is 22.9 Å². The Morgan fingerprint density at radius 3 is 2.43 bits per heavy atom. The minimum atomic E-state index is -3.67. The van der Waals surface area contributed by atoms with Gasteiger partial charge in [-0.15, -0.1) is 11.3 Å². The monoisotopic (exact) mass is 687 g/mol. The van der Waals surface area contributed by atoms with E-state index in [4.69, 9.17) is 16.6 Å². The largest absolute Gasteiger partial charge is 0.325 e. The van der Waals surface area contributed by atoms with Crippen LogP contribution in [0, 0.1) is 11.8 Å². The first-order valence-corrected chi connectivity index (χ1v) is 18.3. The minimum absolute atomic E-state index is 0.121. The Labute approximate surface area is 283 Å². The van der Waals surface area contributed by atoms with Crippen molar-refractivity contribution in [1.29, 1.82) is 0 Å². The van der Waals surface area contributed by atoms with Gasteiger partial charge in [-0.05, 0) is 79.0 Å². The van der Waals surface area contributed by atoms with Crippen molar-refractivity contribution in [3.8, 4) is 0 Å². The summed E-state index contributed by atoms with van der Waals surface area (Å²) in [5.74, 6) is -0.213. The van der Waals surface area contributed by atoms with Gasteiger partial charge in [0.2, 0.25) is 15.9 Å². The van der Waals surface area contributed by atoms with Gasteiger partial charge in [0.25, 0.3) is 5.91 Å². The van der Waals surface area contributed by atoms with Gasteiger partial charge in [-0.2, -0.15) is 0 Å². The zero-order valence-electron chi connectivity index (χ0n) is 25.6. The first-order valence-electron chi connectivity index (χ1n) is 15.6. The molecular weight excluding hydrogens is 654 g/mol. The molecule has 2 amide bonds. The van der Waals surface area contributed by atoms with Gasteiger partial charge in [0.15, 0.2) is 6.17 Å². The van der Waals surface area contributed by atoms with Crippen LogP contribution in [-0.2, 0) is 32.5 Å². The van der Waals surface area contributed by atoms with E-state index in [-0.39, 0.29) is 40.4 Å². The summed E-state index contributed by atoms with van der Waals surface area (Å²) in [5.41, 5.74) is 6.09. The van der Waals surface area contributed by atoms with Crippen LogP contribution in [0.15, 0.2) is 94.1 Å². The van der Waals surface area contributed by atoms with Gasteiger partial charge in [0, 0.05) is 29.9 Å². The van der Waals surface area contributed by atoms with Gasteiger partial charge < -0.3 is 10.2 Å². The molecule has 1 fully saturated rings. The van der Waals surface area contributed by atoms with E-state index in [0.717, 1.165) is 53.0 Å². The number of nitrogens with zero attached hydrogens (tertiary/aromatic N) is 2. The fourth-order valence-electron chi connectivity index (χ4n) is 7.04. The number of para-hydroxylation sites is 1. The zero-order chi connectivity index (χ0) is 32.7. The highest BCUT2D eigenvalue weighted by Crippen LogP contribution is 2.41. The summed E-state index contributed by atoms with van der Waals surface area (Å²) in [4.78, 5) is 33.1. The van der Waals surface area contributed by atoms with Crippen LogP contribution < -0.4 is 20.3 Å². The number of benzodiazepines with no additional fused rings is 1. The summed E-state index contributed by atoms with van der Waals surface area (Å²) < 4.78 is 29.9. The number of hydrogen-bond donors (Lipinski definition) is 3. The number of halogens is 1.